The Bertz CT molecular complexity index is 465. The number of benzene rings is 1. The molecule has 1 aromatic carbocycles. The molecule has 16 heavy (non-hydrogen) atoms. The Balaban J connectivity index is 2.08. The summed E-state index contributed by atoms with van der Waals surface area (Å²) in [6, 6.07) is 7.84. The predicted octanol–water partition coefficient (Wildman–Crippen LogP) is 2.09. The zero-order valence-electron chi connectivity index (χ0n) is 8.94. The molecule has 0 amide bonds. The summed E-state index contributed by atoms with van der Waals surface area (Å²) in [6.07, 6.45) is 4.67. The fourth-order valence-corrected chi connectivity index (χ4v) is 1.83. The van der Waals surface area contributed by atoms with Gasteiger partial charge in [-0.25, -0.2) is 4.98 Å². The first-order chi connectivity index (χ1) is 7.78. The summed E-state index contributed by atoms with van der Waals surface area (Å²) in [4.78, 5) is 4.27. The van der Waals surface area contributed by atoms with Crippen molar-refractivity contribution in [3.05, 3.63) is 53.1 Å². The average Bonchev–Trinajstić information content (AvgIpc) is 2.66. The maximum absolute atomic E-state index is 5.92. The van der Waals surface area contributed by atoms with Crippen LogP contribution >= 0.6 is 11.6 Å². The van der Waals surface area contributed by atoms with Gasteiger partial charge in [0, 0.05) is 24.2 Å². The van der Waals surface area contributed by atoms with Crippen LogP contribution in [0.5, 0.6) is 0 Å². The molecule has 0 aliphatic carbocycles. The molecule has 0 atom stereocenters. The van der Waals surface area contributed by atoms with Crippen molar-refractivity contribution in [3.63, 3.8) is 0 Å². The topological polar surface area (TPSA) is 43.8 Å². The number of nitrogens with zero attached hydrogens (tertiary/aromatic N) is 2. The standard InChI is InChI=1S/C12H14ClN3/c13-11-3-1-2-10(6-11)7-16-8-12(4-5-14)15-9-16/h1-3,6,8-9H,4-5,7,14H2. The van der Waals surface area contributed by atoms with Gasteiger partial charge >= 0.3 is 0 Å². The lowest BCUT2D eigenvalue weighted by Crippen LogP contribution is -2.02. The van der Waals surface area contributed by atoms with E-state index >= 15 is 0 Å². The maximum atomic E-state index is 5.92. The van der Waals surface area contributed by atoms with Crippen LogP contribution in [-0.4, -0.2) is 16.1 Å². The molecule has 1 heterocycles. The van der Waals surface area contributed by atoms with Crippen molar-refractivity contribution >= 4 is 11.6 Å². The highest BCUT2D eigenvalue weighted by Gasteiger charge is 1.99. The van der Waals surface area contributed by atoms with Gasteiger partial charge in [0.15, 0.2) is 0 Å². The Labute approximate surface area is 99.9 Å². The molecule has 0 saturated heterocycles. The minimum absolute atomic E-state index is 0.633. The minimum Gasteiger partial charge on any atom is -0.333 e. The van der Waals surface area contributed by atoms with Gasteiger partial charge in [-0.15, -0.1) is 0 Å². The normalized spacial score (nSPS) is 10.6. The number of nitrogens with two attached hydrogens (primary N) is 1. The number of hydrogen-bond acceptors (Lipinski definition) is 2. The lowest BCUT2D eigenvalue weighted by Gasteiger charge is -2.02. The Morgan fingerprint density at radius 1 is 1.38 bits per heavy atom. The predicted molar refractivity (Wildman–Crippen MR) is 65.5 cm³/mol. The van der Waals surface area contributed by atoms with Crippen LogP contribution in [0.2, 0.25) is 5.02 Å². The van der Waals surface area contributed by atoms with Crippen LogP contribution < -0.4 is 5.73 Å². The van der Waals surface area contributed by atoms with E-state index in [2.05, 4.69) is 11.1 Å². The molecule has 0 aliphatic heterocycles. The van der Waals surface area contributed by atoms with Crippen molar-refractivity contribution in [2.75, 3.05) is 6.54 Å². The largest absolute Gasteiger partial charge is 0.333 e. The number of rotatable bonds is 4. The Hall–Kier alpha value is -1.32. The average molecular weight is 236 g/mol. The summed E-state index contributed by atoms with van der Waals surface area (Å²) in [5.41, 5.74) is 7.68. The second-order valence-electron chi connectivity index (χ2n) is 3.71. The SMILES string of the molecule is NCCc1cn(Cc2cccc(Cl)c2)cn1. The van der Waals surface area contributed by atoms with Gasteiger partial charge in [0.25, 0.3) is 0 Å². The van der Waals surface area contributed by atoms with Crippen molar-refractivity contribution < 1.29 is 0 Å². The van der Waals surface area contributed by atoms with Crippen LogP contribution in [0.1, 0.15) is 11.3 Å². The third-order valence-electron chi connectivity index (χ3n) is 2.34. The maximum Gasteiger partial charge on any atom is 0.0952 e. The smallest absolute Gasteiger partial charge is 0.0952 e. The Morgan fingerprint density at radius 2 is 2.25 bits per heavy atom. The van der Waals surface area contributed by atoms with E-state index in [-0.39, 0.29) is 0 Å². The molecule has 0 bridgehead atoms. The second-order valence-corrected chi connectivity index (χ2v) is 4.14. The van der Waals surface area contributed by atoms with Crippen molar-refractivity contribution in [1.29, 1.82) is 0 Å². The summed E-state index contributed by atoms with van der Waals surface area (Å²) in [5.74, 6) is 0. The molecule has 2 rings (SSSR count). The summed E-state index contributed by atoms with van der Waals surface area (Å²) in [7, 11) is 0. The number of hydrogen-bond donors (Lipinski definition) is 1. The Kier molecular flexibility index (Phi) is 3.59. The van der Waals surface area contributed by atoms with Crippen molar-refractivity contribution in [1.82, 2.24) is 9.55 Å². The van der Waals surface area contributed by atoms with E-state index in [0.717, 1.165) is 23.7 Å². The third kappa shape index (κ3) is 2.84. The molecule has 2 N–H and O–H groups in total. The van der Waals surface area contributed by atoms with Crippen molar-refractivity contribution in [3.8, 4) is 0 Å². The lowest BCUT2D eigenvalue weighted by molar-refractivity contribution is 0.795. The molecular formula is C12H14ClN3. The van der Waals surface area contributed by atoms with Crippen LogP contribution in [0.4, 0.5) is 0 Å². The molecule has 84 valence electrons. The van der Waals surface area contributed by atoms with E-state index in [1.165, 1.54) is 5.56 Å². The molecule has 0 fully saturated rings. The van der Waals surface area contributed by atoms with E-state index in [1.54, 1.807) is 0 Å². The van der Waals surface area contributed by atoms with Crippen LogP contribution in [0, 0.1) is 0 Å². The highest BCUT2D eigenvalue weighted by molar-refractivity contribution is 6.30. The number of imidazole rings is 1. The fourth-order valence-electron chi connectivity index (χ4n) is 1.62. The molecule has 0 aliphatic rings. The van der Waals surface area contributed by atoms with Gasteiger partial charge in [-0.2, -0.15) is 0 Å². The molecule has 0 unspecified atom stereocenters. The van der Waals surface area contributed by atoms with E-state index in [0.29, 0.717) is 6.54 Å². The monoisotopic (exact) mass is 235 g/mol. The third-order valence-corrected chi connectivity index (χ3v) is 2.58. The Morgan fingerprint density at radius 3 is 3.00 bits per heavy atom. The van der Waals surface area contributed by atoms with Gasteiger partial charge in [0.1, 0.15) is 0 Å². The summed E-state index contributed by atoms with van der Waals surface area (Å²) < 4.78 is 2.04. The first-order valence-electron chi connectivity index (χ1n) is 5.23. The minimum atomic E-state index is 0.633. The van der Waals surface area contributed by atoms with Crippen molar-refractivity contribution in [2.45, 2.75) is 13.0 Å². The van der Waals surface area contributed by atoms with E-state index < -0.39 is 0 Å². The zero-order valence-corrected chi connectivity index (χ0v) is 9.69. The highest BCUT2D eigenvalue weighted by atomic mass is 35.5. The van der Waals surface area contributed by atoms with Gasteiger partial charge in [0.05, 0.1) is 12.0 Å². The zero-order chi connectivity index (χ0) is 11.4. The summed E-state index contributed by atoms with van der Waals surface area (Å²) in [6.45, 7) is 1.42. The molecular weight excluding hydrogens is 222 g/mol. The van der Waals surface area contributed by atoms with Crippen molar-refractivity contribution in [2.24, 2.45) is 5.73 Å². The molecule has 4 heteroatoms. The quantitative estimate of drug-likeness (QED) is 0.882. The summed E-state index contributed by atoms with van der Waals surface area (Å²) in [5, 5.41) is 0.764. The van der Waals surface area contributed by atoms with Gasteiger partial charge in [-0.05, 0) is 24.2 Å². The summed E-state index contributed by atoms with van der Waals surface area (Å²) >= 11 is 5.92. The van der Waals surface area contributed by atoms with Crippen LogP contribution in [0.3, 0.4) is 0 Å². The first-order valence-corrected chi connectivity index (χ1v) is 5.61. The number of halogens is 1. The van der Waals surface area contributed by atoms with E-state index in [1.807, 2.05) is 35.3 Å². The highest BCUT2D eigenvalue weighted by Crippen LogP contribution is 2.12. The van der Waals surface area contributed by atoms with E-state index in [4.69, 9.17) is 17.3 Å². The van der Waals surface area contributed by atoms with Gasteiger partial charge in [-0.1, -0.05) is 23.7 Å². The molecule has 1 aromatic heterocycles. The van der Waals surface area contributed by atoms with E-state index in [9.17, 15) is 0 Å². The van der Waals surface area contributed by atoms with Gasteiger partial charge in [-0.3, -0.25) is 0 Å². The van der Waals surface area contributed by atoms with Crippen LogP contribution in [-0.2, 0) is 13.0 Å². The second kappa shape index (κ2) is 5.14. The lowest BCUT2D eigenvalue weighted by atomic mass is 10.2. The molecule has 0 radical (unpaired) electrons. The van der Waals surface area contributed by atoms with Gasteiger partial charge in [0.2, 0.25) is 0 Å². The molecule has 0 spiro atoms. The molecule has 0 saturated carbocycles. The van der Waals surface area contributed by atoms with Crippen LogP contribution in [0.25, 0.3) is 0 Å². The number of aromatic nitrogens is 2. The van der Waals surface area contributed by atoms with Gasteiger partial charge < -0.3 is 10.3 Å². The fraction of sp³-hybridized carbons (Fsp3) is 0.250. The molecule has 2 aromatic rings. The first kappa shape index (κ1) is 11.2. The molecule has 3 nitrogen and oxygen atoms in total. The van der Waals surface area contributed by atoms with Crippen LogP contribution in [0.15, 0.2) is 36.8 Å².